The Balaban J connectivity index is 2.04. The highest BCUT2D eigenvalue weighted by atomic mass is 32.2. The van der Waals surface area contributed by atoms with Gasteiger partial charge in [0, 0.05) is 13.1 Å². The standard InChI is InChI=1S/C13H16N4O2S/c14-9-12-11-4-2-1-3-10(11)6-8-17(12)20(18,19)13-5-7-15-16-13/h1-5,7,12H,6,8-9,14H2,(H,15,16). The maximum atomic E-state index is 12.6. The van der Waals surface area contributed by atoms with E-state index in [1.807, 2.05) is 24.3 Å². The molecule has 0 spiro atoms. The molecule has 1 unspecified atom stereocenters. The van der Waals surface area contributed by atoms with Crippen molar-refractivity contribution >= 4 is 10.0 Å². The molecule has 1 aliphatic rings. The van der Waals surface area contributed by atoms with Gasteiger partial charge in [-0.25, -0.2) is 8.42 Å². The molecule has 0 amide bonds. The highest BCUT2D eigenvalue weighted by molar-refractivity contribution is 7.89. The van der Waals surface area contributed by atoms with E-state index in [2.05, 4.69) is 10.2 Å². The third-order valence-electron chi connectivity index (χ3n) is 3.65. The Morgan fingerprint density at radius 1 is 1.35 bits per heavy atom. The van der Waals surface area contributed by atoms with Crippen molar-refractivity contribution < 1.29 is 8.42 Å². The SMILES string of the molecule is NCC1c2ccccc2CCN1S(=O)(=O)c1ccn[nH]1. The van der Waals surface area contributed by atoms with Crippen molar-refractivity contribution in [3.05, 3.63) is 47.7 Å². The van der Waals surface area contributed by atoms with Gasteiger partial charge in [0.25, 0.3) is 10.0 Å². The molecule has 0 aliphatic carbocycles. The van der Waals surface area contributed by atoms with Gasteiger partial charge in [-0.15, -0.1) is 0 Å². The highest BCUT2D eigenvalue weighted by Gasteiger charge is 2.36. The molecule has 1 aromatic heterocycles. The Kier molecular flexibility index (Phi) is 3.33. The summed E-state index contributed by atoms with van der Waals surface area (Å²) in [6, 6.07) is 8.98. The van der Waals surface area contributed by atoms with Crippen LogP contribution in [0.3, 0.4) is 0 Å². The molecular formula is C13H16N4O2S. The molecule has 0 bridgehead atoms. The predicted molar refractivity (Wildman–Crippen MR) is 74.4 cm³/mol. The first-order valence-electron chi connectivity index (χ1n) is 6.43. The number of hydrogen-bond acceptors (Lipinski definition) is 4. The third kappa shape index (κ3) is 2.04. The summed E-state index contributed by atoms with van der Waals surface area (Å²) in [5.74, 6) is 0. The van der Waals surface area contributed by atoms with E-state index in [-0.39, 0.29) is 17.6 Å². The number of nitrogens with zero attached hydrogens (tertiary/aromatic N) is 2. The summed E-state index contributed by atoms with van der Waals surface area (Å²) >= 11 is 0. The zero-order valence-electron chi connectivity index (χ0n) is 10.9. The zero-order chi connectivity index (χ0) is 14.2. The van der Waals surface area contributed by atoms with Gasteiger partial charge in [-0.3, -0.25) is 5.10 Å². The number of aromatic nitrogens is 2. The average Bonchev–Trinajstić information content (AvgIpc) is 3.00. The van der Waals surface area contributed by atoms with Crippen LogP contribution in [0, 0.1) is 0 Å². The summed E-state index contributed by atoms with van der Waals surface area (Å²) < 4.78 is 26.7. The van der Waals surface area contributed by atoms with E-state index in [9.17, 15) is 8.42 Å². The fourth-order valence-corrected chi connectivity index (χ4v) is 4.19. The van der Waals surface area contributed by atoms with Gasteiger partial charge in [-0.2, -0.15) is 9.40 Å². The van der Waals surface area contributed by atoms with Crippen LogP contribution in [0.1, 0.15) is 17.2 Å². The van der Waals surface area contributed by atoms with E-state index in [1.54, 1.807) is 0 Å². The van der Waals surface area contributed by atoms with Crippen LogP contribution in [-0.2, 0) is 16.4 Å². The van der Waals surface area contributed by atoms with Gasteiger partial charge in [0.15, 0.2) is 5.03 Å². The molecule has 3 rings (SSSR count). The van der Waals surface area contributed by atoms with Crippen LogP contribution in [0.5, 0.6) is 0 Å². The topological polar surface area (TPSA) is 92.1 Å². The van der Waals surface area contributed by atoms with Gasteiger partial charge in [0.05, 0.1) is 12.2 Å². The second-order valence-corrected chi connectivity index (χ2v) is 6.60. The fraction of sp³-hybridized carbons (Fsp3) is 0.308. The highest BCUT2D eigenvalue weighted by Crippen LogP contribution is 2.32. The molecule has 1 aromatic carbocycles. The first-order chi connectivity index (χ1) is 9.64. The normalized spacial score (nSPS) is 19.8. The second kappa shape index (κ2) is 5.01. The minimum Gasteiger partial charge on any atom is -0.329 e. The number of benzene rings is 1. The Hall–Kier alpha value is -1.70. The van der Waals surface area contributed by atoms with Gasteiger partial charge in [-0.1, -0.05) is 24.3 Å². The number of H-pyrrole nitrogens is 1. The summed E-state index contributed by atoms with van der Waals surface area (Å²) in [6.45, 7) is 0.685. The van der Waals surface area contributed by atoms with Crippen LogP contribution in [-0.4, -0.2) is 36.0 Å². The molecule has 20 heavy (non-hydrogen) atoms. The molecule has 1 atom stereocenters. The Labute approximate surface area is 117 Å². The monoisotopic (exact) mass is 292 g/mol. The largest absolute Gasteiger partial charge is 0.329 e. The number of nitrogens with one attached hydrogen (secondary N) is 1. The number of sulfonamides is 1. The number of aromatic amines is 1. The molecule has 3 N–H and O–H groups in total. The van der Waals surface area contributed by atoms with Crippen molar-refractivity contribution in [3.63, 3.8) is 0 Å². The summed E-state index contributed by atoms with van der Waals surface area (Å²) in [4.78, 5) is 0. The van der Waals surface area contributed by atoms with E-state index >= 15 is 0 Å². The molecule has 2 heterocycles. The lowest BCUT2D eigenvalue weighted by atomic mass is 9.94. The van der Waals surface area contributed by atoms with E-state index in [4.69, 9.17) is 5.73 Å². The summed E-state index contributed by atoms with van der Waals surface area (Å²) in [6.07, 6.45) is 2.13. The van der Waals surface area contributed by atoms with Crippen LogP contribution in [0.15, 0.2) is 41.6 Å². The molecular weight excluding hydrogens is 276 g/mol. The molecule has 0 saturated carbocycles. The van der Waals surface area contributed by atoms with Crippen LogP contribution in [0.2, 0.25) is 0 Å². The molecule has 0 saturated heterocycles. The predicted octanol–water partition coefficient (Wildman–Crippen LogP) is 0.657. The zero-order valence-corrected chi connectivity index (χ0v) is 11.7. The van der Waals surface area contributed by atoms with Crippen molar-refractivity contribution in [2.45, 2.75) is 17.5 Å². The lowest BCUT2D eigenvalue weighted by Gasteiger charge is -2.35. The van der Waals surface area contributed by atoms with E-state index in [1.165, 1.54) is 22.1 Å². The molecule has 6 nitrogen and oxygen atoms in total. The molecule has 2 aromatic rings. The van der Waals surface area contributed by atoms with E-state index in [0.717, 1.165) is 5.56 Å². The lowest BCUT2D eigenvalue weighted by molar-refractivity contribution is 0.312. The first-order valence-corrected chi connectivity index (χ1v) is 7.87. The van der Waals surface area contributed by atoms with Crippen molar-refractivity contribution in [1.82, 2.24) is 14.5 Å². The smallest absolute Gasteiger partial charge is 0.260 e. The summed E-state index contributed by atoms with van der Waals surface area (Å²) in [5, 5.41) is 6.35. The Morgan fingerprint density at radius 2 is 2.15 bits per heavy atom. The average molecular weight is 292 g/mol. The Morgan fingerprint density at radius 3 is 2.85 bits per heavy atom. The number of fused-ring (bicyclic) bond motifs is 1. The number of rotatable bonds is 3. The van der Waals surface area contributed by atoms with Gasteiger partial charge >= 0.3 is 0 Å². The lowest BCUT2D eigenvalue weighted by Crippen LogP contribution is -2.43. The fourth-order valence-electron chi connectivity index (χ4n) is 2.67. The minimum atomic E-state index is -3.59. The maximum absolute atomic E-state index is 12.6. The minimum absolute atomic E-state index is 0.107. The van der Waals surface area contributed by atoms with Crippen molar-refractivity contribution in [3.8, 4) is 0 Å². The third-order valence-corrected chi connectivity index (χ3v) is 5.49. The Bertz CT molecular complexity index is 697. The first kappa shape index (κ1) is 13.3. The van der Waals surface area contributed by atoms with E-state index in [0.29, 0.717) is 13.0 Å². The molecule has 0 fully saturated rings. The quantitative estimate of drug-likeness (QED) is 0.869. The number of nitrogens with two attached hydrogens (primary N) is 1. The summed E-state index contributed by atoms with van der Waals surface area (Å²) in [5.41, 5.74) is 7.98. The van der Waals surface area contributed by atoms with Crippen LogP contribution in [0.25, 0.3) is 0 Å². The van der Waals surface area contributed by atoms with Crippen molar-refractivity contribution in [2.75, 3.05) is 13.1 Å². The van der Waals surface area contributed by atoms with Crippen LogP contribution in [0.4, 0.5) is 0 Å². The second-order valence-electron chi connectivity index (χ2n) is 4.74. The number of hydrogen-bond donors (Lipinski definition) is 2. The van der Waals surface area contributed by atoms with Gasteiger partial charge in [0.1, 0.15) is 0 Å². The van der Waals surface area contributed by atoms with Gasteiger partial charge in [-0.05, 0) is 23.6 Å². The summed E-state index contributed by atoms with van der Waals surface area (Å²) in [7, 11) is -3.59. The molecule has 106 valence electrons. The molecule has 1 aliphatic heterocycles. The maximum Gasteiger partial charge on any atom is 0.260 e. The van der Waals surface area contributed by atoms with Gasteiger partial charge in [0.2, 0.25) is 0 Å². The van der Waals surface area contributed by atoms with Crippen LogP contribution >= 0.6 is 0 Å². The van der Waals surface area contributed by atoms with Gasteiger partial charge < -0.3 is 5.73 Å². The van der Waals surface area contributed by atoms with Crippen molar-refractivity contribution in [1.29, 1.82) is 0 Å². The van der Waals surface area contributed by atoms with E-state index < -0.39 is 10.0 Å². The molecule has 0 radical (unpaired) electrons. The molecule has 7 heteroatoms. The van der Waals surface area contributed by atoms with Crippen molar-refractivity contribution in [2.24, 2.45) is 5.73 Å². The van der Waals surface area contributed by atoms with Crippen LogP contribution < -0.4 is 5.73 Å².